The molecular weight excluding hydrogens is 366 g/mol. The van der Waals surface area contributed by atoms with E-state index >= 15 is 0 Å². The van der Waals surface area contributed by atoms with E-state index in [2.05, 4.69) is 15.8 Å². The summed E-state index contributed by atoms with van der Waals surface area (Å²) in [6.45, 7) is 0.319. The molecule has 0 saturated carbocycles. The van der Waals surface area contributed by atoms with Crippen molar-refractivity contribution in [3.05, 3.63) is 28.8 Å². The lowest BCUT2D eigenvalue weighted by atomic mass is 10.2. The maximum atomic E-state index is 11.6. The minimum Gasteiger partial charge on any atom is -0.546 e. The normalized spacial score (nSPS) is 16.4. The van der Waals surface area contributed by atoms with Crippen LogP contribution in [0.4, 0.5) is 0 Å². The molecule has 9 nitrogen and oxygen atoms in total. The van der Waals surface area contributed by atoms with Crippen LogP contribution in [0, 0.1) is 0 Å². The van der Waals surface area contributed by atoms with Crippen molar-refractivity contribution >= 4 is 35.6 Å². The van der Waals surface area contributed by atoms with Gasteiger partial charge in [-0.1, -0.05) is 11.6 Å². The third-order valence-corrected chi connectivity index (χ3v) is 3.70. The average Bonchev–Trinajstić information content (AvgIpc) is 3.12. The number of hydrazone groups is 1. The number of nitrogens with zero attached hydrogens (tertiary/aromatic N) is 1. The van der Waals surface area contributed by atoms with Gasteiger partial charge in [0.15, 0.2) is 0 Å². The number of nitrogens with one attached hydrogen (secondary N) is 2. The van der Waals surface area contributed by atoms with Crippen molar-refractivity contribution < 1.29 is 29.0 Å². The molecule has 0 unspecified atom stereocenters. The van der Waals surface area contributed by atoms with E-state index in [0.29, 0.717) is 12.2 Å². The van der Waals surface area contributed by atoms with Gasteiger partial charge in [0, 0.05) is 13.2 Å². The lowest BCUT2D eigenvalue weighted by molar-refractivity contribution is -0.307. The number of aliphatic carboxylic acids is 1. The van der Waals surface area contributed by atoms with Crippen LogP contribution in [0.1, 0.15) is 18.4 Å². The number of hydrogen-bond donors (Lipinski definition) is 2. The van der Waals surface area contributed by atoms with Crippen molar-refractivity contribution in [2.24, 2.45) is 5.10 Å². The average molecular weight is 383 g/mol. The van der Waals surface area contributed by atoms with Crippen molar-refractivity contribution in [2.45, 2.75) is 18.9 Å². The van der Waals surface area contributed by atoms with Crippen molar-refractivity contribution in [3.63, 3.8) is 0 Å². The van der Waals surface area contributed by atoms with Crippen LogP contribution in [0.3, 0.4) is 0 Å². The molecule has 0 radical (unpaired) electrons. The van der Waals surface area contributed by atoms with Crippen LogP contribution < -0.4 is 20.6 Å². The summed E-state index contributed by atoms with van der Waals surface area (Å²) in [5, 5.41) is 16.7. The number of halogens is 1. The Kier molecular flexibility index (Phi) is 7.37. The highest BCUT2D eigenvalue weighted by Gasteiger charge is 2.18. The summed E-state index contributed by atoms with van der Waals surface area (Å²) in [5.74, 6) is -2.90. The fraction of sp³-hybridized carbons (Fsp3) is 0.375. The second-order valence-corrected chi connectivity index (χ2v) is 5.80. The molecule has 1 heterocycles. The molecule has 2 amide bonds. The summed E-state index contributed by atoms with van der Waals surface area (Å²) in [7, 11) is 0. The van der Waals surface area contributed by atoms with Gasteiger partial charge in [0.1, 0.15) is 12.4 Å². The van der Waals surface area contributed by atoms with Crippen LogP contribution in [-0.2, 0) is 19.1 Å². The van der Waals surface area contributed by atoms with E-state index < -0.39 is 24.4 Å². The van der Waals surface area contributed by atoms with Crippen LogP contribution in [0.25, 0.3) is 0 Å². The first-order chi connectivity index (χ1) is 12.5. The van der Waals surface area contributed by atoms with Gasteiger partial charge in [0.25, 0.3) is 0 Å². The van der Waals surface area contributed by atoms with Gasteiger partial charge in [-0.05, 0) is 36.6 Å². The van der Waals surface area contributed by atoms with E-state index in [9.17, 15) is 19.5 Å². The molecular formula is C16H17ClN3O6-. The molecule has 0 bridgehead atoms. The molecule has 140 valence electrons. The second-order valence-electron chi connectivity index (χ2n) is 5.39. The molecule has 1 fully saturated rings. The van der Waals surface area contributed by atoms with Crippen LogP contribution in [0.5, 0.6) is 5.75 Å². The fourth-order valence-corrected chi connectivity index (χ4v) is 2.40. The van der Waals surface area contributed by atoms with E-state index in [4.69, 9.17) is 21.1 Å². The Bertz CT molecular complexity index is 703. The number of amides is 2. The topological polar surface area (TPSA) is 129 Å². The fourth-order valence-electron chi connectivity index (χ4n) is 2.16. The third-order valence-electron chi connectivity index (χ3n) is 3.40. The Morgan fingerprint density at radius 1 is 1.38 bits per heavy atom. The molecule has 0 spiro atoms. The lowest BCUT2D eigenvalue weighted by Gasteiger charge is -2.09. The number of hydrogen-bond acceptors (Lipinski definition) is 7. The quantitative estimate of drug-likeness (QED) is 0.361. The largest absolute Gasteiger partial charge is 0.546 e. The summed E-state index contributed by atoms with van der Waals surface area (Å²) in [4.78, 5) is 33.6. The van der Waals surface area contributed by atoms with Crippen molar-refractivity contribution in [2.75, 3.05) is 19.8 Å². The van der Waals surface area contributed by atoms with Crippen LogP contribution in [0.15, 0.2) is 23.3 Å². The van der Waals surface area contributed by atoms with Gasteiger partial charge in [0.2, 0.25) is 0 Å². The maximum Gasteiger partial charge on any atom is 0.329 e. The van der Waals surface area contributed by atoms with Gasteiger partial charge < -0.3 is 24.7 Å². The molecule has 1 aliphatic rings. The molecule has 26 heavy (non-hydrogen) atoms. The number of ether oxygens (including phenoxy) is 2. The second kappa shape index (κ2) is 9.73. The molecule has 10 heteroatoms. The smallest absolute Gasteiger partial charge is 0.329 e. The molecule has 1 aromatic rings. The number of carboxylic acids is 1. The van der Waals surface area contributed by atoms with Crippen molar-refractivity contribution in [1.29, 1.82) is 0 Å². The number of benzene rings is 1. The van der Waals surface area contributed by atoms with E-state index in [-0.39, 0.29) is 23.4 Å². The Labute approximate surface area is 154 Å². The van der Waals surface area contributed by atoms with Gasteiger partial charge >= 0.3 is 11.8 Å². The number of carboxylic acid groups (broad SMARTS) is 1. The molecule has 1 aliphatic heterocycles. The predicted octanol–water partition coefficient (Wildman–Crippen LogP) is -0.786. The van der Waals surface area contributed by atoms with E-state index in [1.807, 2.05) is 0 Å². The summed E-state index contributed by atoms with van der Waals surface area (Å²) in [5.41, 5.74) is 2.61. The monoisotopic (exact) mass is 382 g/mol. The number of carbonyl (C=O) groups excluding carboxylic acids is 3. The molecule has 1 atom stereocenters. The van der Waals surface area contributed by atoms with E-state index in [0.717, 1.165) is 12.8 Å². The molecule has 1 aromatic carbocycles. The predicted molar refractivity (Wildman–Crippen MR) is 89.7 cm³/mol. The highest BCUT2D eigenvalue weighted by Crippen LogP contribution is 2.24. The first-order valence-electron chi connectivity index (χ1n) is 7.80. The van der Waals surface area contributed by atoms with Crippen LogP contribution in [-0.4, -0.2) is 49.9 Å². The Morgan fingerprint density at radius 3 is 2.85 bits per heavy atom. The van der Waals surface area contributed by atoms with Gasteiger partial charge in [-0.3, -0.25) is 9.59 Å². The number of carbonyl (C=O) groups is 3. The highest BCUT2D eigenvalue weighted by molar-refractivity contribution is 6.35. The van der Waals surface area contributed by atoms with Gasteiger partial charge in [-0.2, -0.15) is 5.10 Å². The van der Waals surface area contributed by atoms with Crippen molar-refractivity contribution in [1.82, 2.24) is 10.7 Å². The highest BCUT2D eigenvalue weighted by atomic mass is 35.5. The molecule has 0 aliphatic carbocycles. The lowest BCUT2D eigenvalue weighted by Crippen LogP contribution is -2.41. The van der Waals surface area contributed by atoms with E-state index in [1.165, 1.54) is 18.3 Å². The van der Waals surface area contributed by atoms with Gasteiger partial charge in [0.05, 0.1) is 23.3 Å². The molecule has 0 aromatic heterocycles. The van der Waals surface area contributed by atoms with Crippen LogP contribution >= 0.6 is 11.6 Å². The van der Waals surface area contributed by atoms with E-state index in [1.54, 1.807) is 6.07 Å². The zero-order valence-corrected chi connectivity index (χ0v) is 14.5. The minimum absolute atomic E-state index is 0.0602. The zero-order chi connectivity index (χ0) is 18.9. The summed E-state index contributed by atoms with van der Waals surface area (Å²) in [6, 6.07) is 4.45. The summed E-state index contributed by atoms with van der Waals surface area (Å²) < 4.78 is 10.3. The third kappa shape index (κ3) is 6.34. The Morgan fingerprint density at radius 2 is 2.19 bits per heavy atom. The zero-order valence-electron chi connectivity index (χ0n) is 13.7. The Hall–Kier alpha value is -2.65. The molecule has 1 saturated heterocycles. The van der Waals surface area contributed by atoms with Crippen LogP contribution in [0.2, 0.25) is 5.02 Å². The summed E-state index contributed by atoms with van der Waals surface area (Å²) >= 11 is 5.94. The SMILES string of the molecule is O=C([O-])COc1ccc(/C=N\NC(=O)C(=O)NC[C@@H]2CCCO2)cc1Cl. The standard InChI is InChI=1S/C16H18ClN3O6/c17-12-6-10(3-4-13(12)26-9-14(21)22)7-19-20-16(24)15(23)18-8-11-2-1-5-25-11/h3-4,6-7,11H,1-2,5,8-9H2,(H,18,23)(H,20,24)(H,21,22)/p-1/b19-7-/t11-/m0/s1. The first kappa shape index (κ1) is 19.7. The Balaban J connectivity index is 1.79. The summed E-state index contributed by atoms with van der Waals surface area (Å²) in [6.07, 6.45) is 3.01. The van der Waals surface area contributed by atoms with Crippen molar-refractivity contribution in [3.8, 4) is 5.75 Å². The van der Waals surface area contributed by atoms with Gasteiger partial charge in [-0.15, -0.1) is 0 Å². The molecule has 2 N–H and O–H groups in total. The maximum absolute atomic E-state index is 11.6. The first-order valence-corrected chi connectivity index (χ1v) is 8.18. The minimum atomic E-state index is -1.37. The van der Waals surface area contributed by atoms with Gasteiger partial charge in [-0.25, -0.2) is 5.43 Å². The molecule has 2 rings (SSSR count). The number of rotatable bonds is 7.